The molecule has 30 heavy (non-hydrogen) atoms. The third-order valence-electron chi connectivity index (χ3n) is 5.07. The van der Waals surface area contributed by atoms with Crippen LogP contribution in [0.4, 0.5) is 0 Å². The van der Waals surface area contributed by atoms with Gasteiger partial charge in [0.1, 0.15) is 17.0 Å². The third kappa shape index (κ3) is 2.56. The fourth-order valence-electron chi connectivity index (χ4n) is 3.68. The van der Waals surface area contributed by atoms with Crippen molar-refractivity contribution >= 4 is 22.8 Å². The molecule has 0 aliphatic heterocycles. The van der Waals surface area contributed by atoms with Crippen molar-refractivity contribution in [3.05, 3.63) is 76.9 Å². The minimum atomic E-state index is -0.322. The Hall–Kier alpha value is -4.13. The van der Waals surface area contributed by atoms with Crippen molar-refractivity contribution < 1.29 is 9.15 Å². The van der Waals surface area contributed by atoms with Crippen LogP contribution in [0.1, 0.15) is 11.4 Å². The first-order valence-electron chi connectivity index (χ1n) is 9.39. The molecule has 0 aliphatic carbocycles. The summed E-state index contributed by atoms with van der Waals surface area (Å²) in [6.07, 6.45) is 1.64. The second kappa shape index (κ2) is 6.73. The zero-order valence-electron chi connectivity index (χ0n) is 16.5. The monoisotopic (exact) mass is 398 g/mol. The molecule has 0 radical (unpaired) electrons. The highest BCUT2D eigenvalue weighted by Gasteiger charge is 2.22. The molecule has 0 bridgehead atoms. The fourth-order valence-corrected chi connectivity index (χ4v) is 3.68. The van der Waals surface area contributed by atoms with E-state index in [0.717, 1.165) is 11.1 Å². The Kier molecular flexibility index (Phi) is 4.03. The highest BCUT2D eigenvalue weighted by Crippen LogP contribution is 2.32. The zero-order valence-corrected chi connectivity index (χ0v) is 16.5. The summed E-state index contributed by atoms with van der Waals surface area (Å²) in [6, 6.07) is 15.2. The van der Waals surface area contributed by atoms with E-state index in [-0.39, 0.29) is 11.4 Å². The van der Waals surface area contributed by atoms with E-state index in [1.54, 1.807) is 25.3 Å². The van der Waals surface area contributed by atoms with Gasteiger partial charge in [-0.15, -0.1) is 0 Å². The number of para-hydroxylation sites is 1. The summed E-state index contributed by atoms with van der Waals surface area (Å²) in [4.78, 5) is 21.2. The van der Waals surface area contributed by atoms with Gasteiger partial charge in [-0.3, -0.25) is 4.79 Å². The van der Waals surface area contributed by atoms with Gasteiger partial charge in [0.25, 0.3) is 5.56 Å². The van der Waals surface area contributed by atoms with Crippen LogP contribution in [-0.2, 0) is 0 Å². The standard InChI is InChI=1S/C23H18N4O3/c1-4-15-19(14-9-6-5-7-10-14)21-24-13(2)18(23(28)27(21)26-15)22-25-20-16(29-3)11-8-12-17(20)30-22/h4-12,24H,1H2,2-3H3. The normalized spacial score (nSPS) is 11.3. The van der Waals surface area contributed by atoms with Crippen molar-refractivity contribution in [2.75, 3.05) is 7.11 Å². The Balaban J connectivity index is 1.80. The van der Waals surface area contributed by atoms with Gasteiger partial charge in [0, 0.05) is 5.69 Å². The van der Waals surface area contributed by atoms with Crippen LogP contribution in [0.2, 0.25) is 0 Å². The Morgan fingerprint density at radius 2 is 1.93 bits per heavy atom. The molecule has 148 valence electrons. The summed E-state index contributed by atoms with van der Waals surface area (Å²) in [5.74, 6) is 0.795. The summed E-state index contributed by atoms with van der Waals surface area (Å²) in [6.45, 7) is 5.67. The number of H-pyrrole nitrogens is 1. The topological polar surface area (TPSA) is 85.4 Å². The van der Waals surface area contributed by atoms with Gasteiger partial charge in [-0.05, 0) is 30.7 Å². The van der Waals surface area contributed by atoms with Gasteiger partial charge in [-0.25, -0.2) is 4.98 Å². The zero-order chi connectivity index (χ0) is 20.8. The average Bonchev–Trinajstić information content (AvgIpc) is 3.35. The van der Waals surface area contributed by atoms with E-state index in [1.165, 1.54) is 4.52 Å². The van der Waals surface area contributed by atoms with Crippen LogP contribution in [0.25, 0.3) is 45.4 Å². The Labute approximate surface area is 171 Å². The molecule has 7 heteroatoms. The lowest BCUT2D eigenvalue weighted by Gasteiger charge is -2.05. The van der Waals surface area contributed by atoms with Crippen LogP contribution in [0, 0.1) is 6.92 Å². The van der Waals surface area contributed by atoms with Crippen LogP contribution >= 0.6 is 0 Å². The number of aromatic nitrogens is 4. The molecular weight excluding hydrogens is 380 g/mol. The van der Waals surface area contributed by atoms with E-state index in [4.69, 9.17) is 9.15 Å². The molecule has 5 aromatic rings. The van der Waals surface area contributed by atoms with Crippen LogP contribution in [0.5, 0.6) is 5.75 Å². The van der Waals surface area contributed by atoms with Crippen molar-refractivity contribution in [3.8, 4) is 28.3 Å². The van der Waals surface area contributed by atoms with Crippen LogP contribution < -0.4 is 10.3 Å². The molecular formula is C23H18N4O3. The quantitative estimate of drug-likeness (QED) is 0.483. The number of nitrogens with one attached hydrogen (secondary N) is 1. The average molecular weight is 398 g/mol. The molecule has 2 aromatic carbocycles. The van der Waals surface area contributed by atoms with Gasteiger partial charge in [0.05, 0.1) is 18.4 Å². The highest BCUT2D eigenvalue weighted by molar-refractivity contribution is 5.86. The van der Waals surface area contributed by atoms with Gasteiger partial charge in [-0.2, -0.15) is 9.61 Å². The SMILES string of the molecule is C=Cc1nn2c(=O)c(-c3nc4c(OC)cccc4o3)c(C)[nH]c2c1-c1ccccc1. The molecule has 3 aromatic heterocycles. The summed E-state index contributed by atoms with van der Waals surface area (Å²) >= 11 is 0. The number of hydrogen-bond acceptors (Lipinski definition) is 5. The first kappa shape index (κ1) is 17.9. The fraction of sp³-hybridized carbons (Fsp3) is 0.0870. The van der Waals surface area contributed by atoms with Crippen molar-refractivity contribution in [2.45, 2.75) is 6.92 Å². The third-order valence-corrected chi connectivity index (χ3v) is 5.07. The number of aromatic amines is 1. The maximum atomic E-state index is 13.4. The summed E-state index contributed by atoms with van der Waals surface area (Å²) in [5.41, 5.74) is 4.70. The van der Waals surface area contributed by atoms with E-state index in [2.05, 4.69) is 21.6 Å². The molecule has 7 nitrogen and oxygen atoms in total. The van der Waals surface area contributed by atoms with E-state index in [0.29, 0.717) is 39.4 Å². The lowest BCUT2D eigenvalue weighted by atomic mass is 10.1. The minimum Gasteiger partial charge on any atom is -0.494 e. The van der Waals surface area contributed by atoms with Crippen LogP contribution in [-0.4, -0.2) is 26.7 Å². The second-order valence-corrected chi connectivity index (χ2v) is 6.85. The highest BCUT2D eigenvalue weighted by atomic mass is 16.5. The van der Waals surface area contributed by atoms with Gasteiger partial charge in [0.2, 0.25) is 5.89 Å². The molecule has 0 saturated heterocycles. The molecule has 0 saturated carbocycles. The molecule has 5 rings (SSSR count). The molecule has 1 N–H and O–H groups in total. The predicted octanol–water partition coefficient (Wildman–Crippen LogP) is 4.46. The molecule has 0 atom stereocenters. The van der Waals surface area contributed by atoms with Gasteiger partial charge in [-0.1, -0.05) is 43.0 Å². The van der Waals surface area contributed by atoms with Crippen LogP contribution in [0.3, 0.4) is 0 Å². The Morgan fingerprint density at radius 3 is 2.67 bits per heavy atom. The number of aryl methyl sites for hydroxylation is 1. The van der Waals surface area contributed by atoms with E-state index >= 15 is 0 Å². The molecule has 0 amide bonds. The number of ether oxygens (including phenoxy) is 1. The molecule has 0 unspecified atom stereocenters. The van der Waals surface area contributed by atoms with Crippen LogP contribution in [0.15, 0.2) is 64.3 Å². The van der Waals surface area contributed by atoms with E-state index < -0.39 is 0 Å². The number of nitrogens with zero attached hydrogens (tertiary/aromatic N) is 3. The first-order chi connectivity index (χ1) is 14.6. The van der Waals surface area contributed by atoms with Crippen molar-refractivity contribution in [2.24, 2.45) is 0 Å². The maximum absolute atomic E-state index is 13.4. The largest absolute Gasteiger partial charge is 0.494 e. The Bertz CT molecular complexity index is 1480. The Morgan fingerprint density at radius 1 is 1.13 bits per heavy atom. The molecule has 0 aliphatic rings. The minimum absolute atomic E-state index is 0.215. The van der Waals surface area contributed by atoms with Crippen molar-refractivity contribution in [1.29, 1.82) is 0 Å². The van der Waals surface area contributed by atoms with Crippen molar-refractivity contribution in [1.82, 2.24) is 19.6 Å². The maximum Gasteiger partial charge on any atom is 0.287 e. The second-order valence-electron chi connectivity index (χ2n) is 6.85. The predicted molar refractivity (Wildman–Crippen MR) is 116 cm³/mol. The summed E-state index contributed by atoms with van der Waals surface area (Å²) in [7, 11) is 1.57. The van der Waals surface area contributed by atoms with E-state index in [1.807, 2.05) is 43.3 Å². The van der Waals surface area contributed by atoms with Crippen molar-refractivity contribution in [3.63, 3.8) is 0 Å². The number of methoxy groups -OCH3 is 1. The lowest BCUT2D eigenvalue weighted by Crippen LogP contribution is -2.19. The lowest BCUT2D eigenvalue weighted by molar-refractivity contribution is 0.419. The molecule has 0 spiro atoms. The summed E-state index contributed by atoms with van der Waals surface area (Å²) in [5, 5.41) is 4.48. The van der Waals surface area contributed by atoms with Gasteiger partial charge in [0.15, 0.2) is 11.1 Å². The number of oxazole rings is 1. The van der Waals surface area contributed by atoms with Gasteiger partial charge < -0.3 is 14.1 Å². The van der Waals surface area contributed by atoms with Gasteiger partial charge >= 0.3 is 0 Å². The first-order valence-corrected chi connectivity index (χ1v) is 9.39. The van der Waals surface area contributed by atoms with E-state index in [9.17, 15) is 4.79 Å². The number of hydrogen-bond donors (Lipinski definition) is 1. The number of fused-ring (bicyclic) bond motifs is 2. The number of rotatable bonds is 4. The molecule has 3 heterocycles. The summed E-state index contributed by atoms with van der Waals surface area (Å²) < 4.78 is 12.6. The number of benzene rings is 2. The molecule has 0 fully saturated rings. The smallest absolute Gasteiger partial charge is 0.287 e.